The number of benzene rings is 1. The third-order valence-electron chi connectivity index (χ3n) is 3.54. The number of carbonyl (C=O) groups is 1. The van der Waals surface area contributed by atoms with Crippen molar-refractivity contribution in [2.45, 2.75) is 44.8 Å². The number of rotatable bonds is 5. The van der Waals surface area contributed by atoms with Crippen LogP contribution in [-0.2, 0) is 16.8 Å². The van der Waals surface area contributed by atoms with E-state index >= 15 is 0 Å². The Kier molecular flexibility index (Phi) is 5.43. The van der Waals surface area contributed by atoms with E-state index < -0.39 is 0 Å². The molecule has 0 saturated carbocycles. The van der Waals surface area contributed by atoms with Gasteiger partial charge in [0, 0.05) is 12.1 Å². The predicted molar refractivity (Wildman–Crippen MR) is 92.9 cm³/mol. The highest BCUT2D eigenvalue weighted by atomic mass is 32.2. The molecule has 124 valence electrons. The van der Waals surface area contributed by atoms with E-state index in [-0.39, 0.29) is 17.1 Å². The Hall–Kier alpha value is -1.86. The van der Waals surface area contributed by atoms with Crippen molar-refractivity contribution < 1.29 is 4.79 Å². The van der Waals surface area contributed by atoms with Gasteiger partial charge in [-0.2, -0.15) is 0 Å². The first kappa shape index (κ1) is 17.5. The molecular weight excluding hydrogens is 310 g/mol. The number of hydrazine groups is 1. The molecule has 0 atom stereocenters. The predicted octanol–water partition coefficient (Wildman–Crippen LogP) is 2.34. The maximum atomic E-state index is 11.3. The molecule has 0 radical (unpaired) electrons. The lowest BCUT2D eigenvalue weighted by molar-refractivity contribution is -0.118. The average Bonchev–Trinajstić information content (AvgIpc) is 2.94. The lowest BCUT2D eigenvalue weighted by Gasteiger charge is -2.19. The molecule has 1 heterocycles. The summed E-state index contributed by atoms with van der Waals surface area (Å²) in [5, 5.41) is 9.19. The monoisotopic (exact) mass is 333 g/mol. The molecule has 1 aromatic carbocycles. The van der Waals surface area contributed by atoms with Crippen molar-refractivity contribution in [2.75, 3.05) is 5.75 Å². The Morgan fingerprint density at radius 3 is 2.43 bits per heavy atom. The summed E-state index contributed by atoms with van der Waals surface area (Å²) in [7, 11) is 0. The zero-order chi connectivity index (χ0) is 17.0. The van der Waals surface area contributed by atoms with Crippen LogP contribution in [-0.4, -0.2) is 26.4 Å². The van der Waals surface area contributed by atoms with Crippen LogP contribution in [0.25, 0.3) is 11.4 Å². The van der Waals surface area contributed by atoms with E-state index in [4.69, 9.17) is 5.84 Å². The summed E-state index contributed by atoms with van der Waals surface area (Å²) in [5.41, 5.74) is 4.53. The number of hydrogen-bond acceptors (Lipinski definition) is 5. The molecule has 7 heteroatoms. The van der Waals surface area contributed by atoms with Crippen molar-refractivity contribution in [3.05, 3.63) is 29.8 Å². The van der Waals surface area contributed by atoms with Gasteiger partial charge in [0.15, 0.2) is 11.0 Å². The summed E-state index contributed by atoms with van der Waals surface area (Å²) in [6.45, 7) is 9.33. The first-order chi connectivity index (χ1) is 10.9. The van der Waals surface area contributed by atoms with Crippen LogP contribution in [0.4, 0.5) is 0 Å². The van der Waals surface area contributed by atoms with E-state index in [0.29, 0.717) is 5.16 Å². The minimum atomic E-state index is -0.239. The number of amides is 1. The molecule has 2 rings (SSSR count). The van der Waals surface area contributed by atoms with Crippen LogP contribution in [0.1, 0.15) is 33.3 Å². The SMILES string of the molecule is CCn1c(SCC(=O)NN)nnc1-c1ccc(C(C)(C)C)cc1. The van der Waals surface area contributed by atoms with Crippen molar-refractivity contribution >= 4 is 17.7 Å². The maximum absolute atomic E-state index is 11.3. The molecular formula is C16H23N5OS. The van der Waals surface area contributed by atoms with Gasteiger partial charge in [0.25, 0.3) is 0 Å². The molecule has 23 heavy (non-hydrogen) atoms. The van der Waals surface area contributed by atoms with Gasteiger partial charge in [0.05, 0.1) is 5.75 Å². The van der Waals surface area contributed by atoms with Crippen molar-refractivity contribution in [1.29, 1.82) is 0 Å². The van der Waals surface area contributed by atoms with Crippen molar-refractivity contribution in [2.24, 2.45) is 5.84 Å². The second-order valence-corrected chi connectivity index (χ2v) is 7.18. The molecule has 1 aromatic heterocycles. The summed E-state index contributed by atoms with van der Waals surface area (Å²) >= 11 is 1.32. The van der Waals surface area contributed by atoms with Gasteiger partial charge in [0.2, 0.25) is 5.91 Å². The summed E-state index contributed by atoms with van der Waals surface area (Å²) in [5.74, 6) is 5.89. The van der Waals surface area contributed by atoms with Crippen LogP contribution < -0.4 is 11.3 Å². The van der Waals surface area contributed by atoms with Gasteiger partial charge < -0.3 is 4.57 Å². The third kappa shape index (κ3) is 4.11. The van der Waals surface area contributed by atoms with Gasteiger partial charge >= 0.3 is 0 Å². The zero-order valence-corrected chi connectivity index (χ0v) is 14.8. The van der Waals surface area contributed by atoms with E-state index in [1.807, 2.05) is 11.5 Å². The van der Waals surface area contributed by atoms with E-state index in [1.165, 1.54) is 17.3 Å². The Labute approximate surface area is 140 Å². The number of nitrogens with one attached hydrogen (secondary N) is 1. The highest BCUT2D eigenvalue weighted by Crippen LogP contribution is 2.27. The topological polar surface area (TPSA) is 85.8 Å². The molecule has 0 aliphatic carbocycles. The number of thioether (sulfide) groups is 1. The van der Waals surface area contributed by atoms with Gasteiger partial charge in [0.1, 0.15) is 0 Å². The van der Waals surface area contributed by atoms with Crippen molar-refractivity contribution in [3.63, 3.8) is 0 Å². The summed E-state index contributed by atoms with van der Waals surface area (Å²) in [6, 6.07) is 8.38. The van der Waals surface area contributed by atoms with Gasteiger partial charge in [-0.3, -0.25) is 10.2 Å². The Morgan fingerprint density at radius 1 is 1.26 bits per heavy atom. The summed E-state index contributed by atoms with van der Waals surface area (Å²) in [4.78, 5) is 11.3. The van der Waals surface area contributed by atoms with Gasteiger partial charge in [-0.25, -0.2) is 5.84 Å². The van der Waals surface area contributed by atoms with Gasteiger partial charge in [-0.05, 0) is 17.9 Å². The maximum Gasteiger partial charge on any atom is 0.244 e. The Morgan fingerprint density at radius 2 is 1.91 bits per heavy atom. The highest BCUT2D eigenvalue weighted by Gasteiger charge is 2.16. The fraction of sp³-hybridized carbons (Fsp3) is 0.438. The Balaban J connectivity index is 2.26. The summed E-state index contributed by atoms with van der Waals surface area (Å²) in [6.07, 6.45) is 0. The lowest BCUT2D eigenvalue weighted by Crippen LogP contribution is -2.31. The van der Waals surface area contributed by atoms with Crippen molar-refractivity contribution in [1.82, 2.24) is 20.2 Å². The number of nitrogens with zero attached hydrogens (tertiary/aromatic N) is 3. The third-order valence-corrected chi connectivity index (χ3v) is 4.50. The smallest absolute Gasteiger partial charge is 0.244 e. The van der Waals surface area contributed by atoms with Crippen LogP contribution in [0.3, 0.4) is 0 Å². The van der Waals surface area contributed by atoms with Gasteiger partial charge in [-0.15, -0.1) is 10.2 Å². The fourth-order valence-corrected chi connectivity index (χ4v) is 3.00. The normalized spacial score (nSPS) is 11.5. The quantitative estimate of drug-likeness (QED) is 0.380. The van der Waals surface area contributed by atoms with Crippen LogP contribution >= 0.6 is 11.8 Å². The van der Waals surface area contributed by atoms with E-state index in [0.717, 1.165) is 17.9 Å². The molecule has 0 unspecified atom stereocenters. The molecule has 0 saturated heterocycles. The number of hydrogen-bond donors (Lipinski definition) is 2. The average molecular weight is 333 g/mol. The van der Waals surface area contributed by atoms with Crippen molar-refractivity contribution in [3.8, 4) is 11.4 Å². The first-order valence-electron chi connectivity index (χ1n) is 7.53. The zero-order valence-electron chi connectivity index (χ0n) is 14.0. The molecule has 0 fully saturated rings. The molecule has 2 aromatic rings. The fourth-order valence-electron chi connectivity index (χ4n) is 2.19. The number of aromatic nitrogens is 3. The first-order valence-corrected chi connectivity index (χ1v) is 8.51. The summed E-state index contributed by atoms with van der Waals surface area (Å²) < 4.78 is 2.00. The highest BCUT2D eigenvalue weighted by molar-refractivity contribution is 7.99. The molecule has 6 nitrogen and oxygen atoms in total. The number of carbonyl (C=O) groups excluding carboxylic acids is 1. The van der Waals surface area contributed by atoms with Crippen LogP contribution in [0.2, 0.25) is 0 Å². The van der Waals surface area contributed by atoms with Crippen LogP contribution in [0, 0.1) is 0 Å². The standard InChI is InChI=1S/C16H23N5OS/c1-5-21-14(19-20-15(21)23-10-13(22)18-17)11-6-8-12(9-7-11)16(2,3)4/h6-9H,5,10,17H2,1-4H3,(H,18,22). The second-order valence-electron chi connectivity index (χ2n) is 6.23. The van der Waals surface area contributed by atoms with E-state index in [2.05, 4.69) is 60.7 Å². The largest absolute Gasteiger partial charge is 0.302 e. The minimum Gasteiger partial charge on any atom is -0.302 e. The second kappa shape index (κ2) is 7.14. The van der Waals surface area contributed by atoms with E-state index in [9.17, 15) is 4.79 Å². The Bertz CT molecular complexity index is 673. The minimum absolute atomic E-state index is 0.119. The number of nitrogens with two attached hydrogens (primary N) is 1. The molecule has 0 spiro atoms. The lowest BCUT2D eigenvalue weighted by atomic mass is 9.87. The van der Waals surface area contributed by atoms with Crippen LogP contribution in [0.5, 0.6) is 0 Å². The van der Waals surface area contributed by atoms with Crippen LogP contribution in [0.15, 0.2) is 29.4 Å². The molecule has 0 bridgehead atoms. The molecule has 3 N–H and O–H groups in total. The molecule has 1 amide bonds. The van der Waals surface area contributed by atoms with E-state index in [1.54, 1.807) is 0 Å². The van der Waals surface area contributed by atoms with Gasteiger partial charge in [-0.1, -0.05) is 56.8 Å². The molecule has 0 aliphatic heterocycles. The molecule has 0 aliphatic rings.